The van der Waals surface area contributed by atoms with Crippen LogP contribution >= 0.6 is 11.3 Å². The smallest absolute Gasteiger partial charge is 0.242 e. The summed E-state index contributed by atoms with van der Waals surface area (Å²) >= 11 is 1.69. The van der Waals surface area contributed by atoms with Crippen LogP contribution in [-0.4, -0.2) is 39.9 Å². The highest BCUT2D eigenvalue weighted by Crippen LogP contribution is 2.28. The van der Waals surface area contributed by atoms with E-state index in [2.05, 4.69) is 35.2 Å². The molecule has 1 N–H and O–H groups in total. The number of hydrogen-bond acceptors (Lipinski definition) is 5. The molecule has 3 rings (SSSR count). The number of hydrogen-bond donors (Lipinski definition) is 1. The third-order valence-corrected chi connectivity index (χ3v) is 5.45. The Labute approximate surface area is 134 Å². The summed E-state index contributed by atoms with van der Waals surface area (Å²) in [6.45, 7) is 5.44. The van der Waals surface area contributed by atoms with Gasteiger partial charge in [-0.2, -0.15) is 0 Å². The molecule has 5 nitrogen and oxygen atoms in total. The van der Waals surface area contributed by atoms with E-state index < -0.39 is 0 Å². The van der Waals surface area contributed by atoms with Gasteiger partial charge in [0.05, 0.1) is 11.9 Å². The molecule has 6 heteroatoms. The van der Waals surface area contributed by atoms with Gasteiger partial charge in [0, 0.05) is 17.5 Å². The largest absolute Gasteiger partial charge is 0.360 e. The number of nitrogens with one attached hydrogen (secondary N) is 1. The molecule has 0 aliphatic carbocycles. The third-order valence-electron chi connectivity index (χ3n) is 4.26. The number of nitrogens with zero attached hydrogens (tertiary/aromatic N) is 3. The van der Waals surface area contributed by atoms with E-state index in [-0.39, 0.29) is 5.91 Å². The highest BCUT2D eigenvalue weighted by molar-refractivity contribution is 7.18. The van der Waals surface area contributed by atoms with E-state index in [1.807, 2.05) is 4.90 Å². The Hall–Kier alpha value is -1.69. The molecule has 1 fully saturated rings. The summed E-state index contributed by atoms with van der Waals surface area (Å²) in [5, 5.41) is 4.22. The molecule has 3 heterocycles. The van der Waals surface area contributed by atoms with E-state index in [4.69, 9.17) is 0 Å². The molecular weight excluding hydrogens is 296 g/mol. The quantitative estimate of drug-likeness (QED) is 0.941. The normalized spacial score (nSPS) is 18.6. The van der Waals surface area contributed by atoms with E-state index in [1.165, 1.54) is 11.3 Å². The molecule has 1 amide bonds. The van der Waals surface area contributed by atoms with Gasteiger partial charge in [-0.05, 0) is 38.7 Å². The molecule has 22 heavy (non-hydrogen) atoms. The first kappa shape index (κ1) is 15.2. The maximum absolute atomic E-state index is 12.4. The van der Waals surface area contributed by atoms with Gasteiger partial charge in [-0.25, -0.2) is 9.97 Å². The van der Waals surface area contributed by atoms with Crippen LogP contribution in [0, 0.1) is 0 Å². The minimum absolute atomic E-state index is 0.157. The van der Waals surface area contributed by atoms with Crippen molar-refractivity contribution in [2.24, 2.45) is 0 Å². The zero-order valence-corrected chi connectivity index (χ0v) is 13.9. The van der Waals surface area contributed by atoms with Gasteiger partial charge in [-0.1, -0.05) is 6.92 Å². The molecule has 0 spiro atoms. The van der Waals surface area contributed by atoms with Crippen LogP contribution in [0.4, 0.5) is 5.82 Å². The van der Waals surface area contributed by atoms with E-state index >= 15 is 0 Å². The molecule has 0 saturated carbocycles. The van der Waals surface area contributed by atoms with Crippen LogP contribution in [0.5, 0.6) is 0 Å². The molecule has 2 aromatic heterocycles. The lowest BCUT2D eigenvalue weighted by atomic mass is 10.0. The fourth-order valence-electron chi connectivity index (χ4n) is 2.95. The minimum Gasteiger partial charge on any atom is -0.360 e. The summed E-state index contributed by atoms with van der Waals surface area (Å²) in [4.78, 5) is 25.3. The molecule has 1 saturated heterocycles. The molecule has 1 aliphatic heterocycles. The maximum Gasteiger partial charge on any atom is 0.242 e. The van der Waals surface area contributed by atoms with Gasteiger partial charge in [0.1, 0.15) is 17.0 Å². The van der Waals surface area contributed by atoms with Crippen LogP contribution in [0.1, 0.15) is 38.0 Å². The van der Waals surface area contributed by atoms with Crippen LogP contribution in [0.2, 0.25) is 0 Å². The van der Waals surface area contributed by atoms with Crippen molar-refractivity contribution in [1.29, 1.82) is 0 Å². The fourth-order valence-corrected chi connectivity index (χ4v) is 3.88. The standard InChI is InChI=1S/C16H22N4OS/c1-3-12-8-13-15(18-10-19-16(13)22-12)17-9-14(21)20-7-5-4-6-11(20)2/h8,10-11H,3-7,9H2,1-2H3,(H,17,18,19). The average Bonchev–Trinajstić information content (AvgIpc) is 2.96. The first-order chi connectivity index (χ1) is 10.7. The van der Waals surface area contributed by atoms with E-state index in [0.717, 1.165) is 41.8 Å². The summed E-state index contributed by atoms with van der Waals surface area (Å²) in [5.74, 6) is 0.920. The van der Waals surface area contributed by atoms with Gasteiger partial charge < -0.3 is 10.2 Å². The van der Waals surface area contributed by atoms with Crippen molar-refractivity contribution in [1.82, 2.24) is 14.9 Å². The van der Waals surface area contributed by atoms with Gasteiger partial charge >= 0.3 is 0 Å². The average molecular weight is 318 g/mol. The topological polar surface area (TPSA) is 58.1 Å². The van der Waals surface area contributed by atoms with Crippen molar-refractivity contribution in [3.63, 3.8) is 0 Å². The Balaban J connectivity index is 1.70. The number of carbonyl (C=O) groups is 1. The summed E-state index contributed by atoms with van der Waals surface area (Å²) in [5.41, 5.74) is 0. The van der Waals surface area contributed by atoms with E-state index in [9.17, 15) is 4.79 Å². The molecular formula is C16H22N4OS. The lowest BCUT2D eigenvalue weighted by molar-refractivity contribution is -0.132. The number of carbonyl (C=O) groups excluding carboxylic acids is 1. The molecule has 0 radical (unpaired) electrons. The monoisotopic (exact) mass is 318 g/mol. The number of piperidine rings is 1. The van der Waals surface area contributed by atoms with E-state index in [1.54, 1.807) is 17.7 Å². The Morgan fingerprint density at radius 2 is 2.32 bits per heavy atom. The number of anilines is 1. The summed E-state index contributed by atoms with van der Waals surface area (Å²) in [6, 6.07) is 2.47. The van der Waals surface area contributed by atoms with Crippen LogP contribution in [-0.2, 0) is 11.2 Å². The Bertz CT molecular complexity index is 669. The number of aromatic nitrogens is 2. The van der Waals surface area contributed by atoms with E-state index in [0.29, 0.717) is 12.6 Å². The first-order valence-corrected chi connectivity index (χ1v) is 8.77. The number of rotatable bonds is 4. The zero-order valence-electron chi connectivity index (χ0n) is 13.1. The van der Waals surface area contributed by atoms with Crippen LogP contribution in [0.25, 0.3) is 10.2 Å². The molecule has 1 unspecified atom stereocenters. The van der Waals surface area contributed by atoms with Crippen molar-refractivity contribution >= 4 is 33.3 Å². The molecule has 0 aromatic carbocycles. The summed E-state index contributed by atoms with van der Waals surface area (Å²) in [6.07, 6.45) is 5.99. The number of aryl methyl sites for hydroxylation is 1. The number of amides is 1. The Morgan fingerprint density at radius 1 is 1.45 bits per heavy atom. The SMILES string of the molecule is CCc1cc2c(NCC(=O)N3CCCCC3C)ncnc2s1. The second kappa shape index (κ2) is 6.60. The third kappa shape index (κ3) is 3.06. The number of likely N-dealkylation sites (tertiary alicyclic amines) is 1. The fraction of sp³-hybridized carbons (Fsp3) is 0.562. The lowest BCUT2D eigenvalue weighted by Gasteiger charge is -2.33. The summed E-state index contributed by atoms with van der Waals surface area (Å²) in [7, 11) is 0. The molecule has 0 bridgehead atoms. The second-order valence-electron chi connectivity index (χ2n) is 5.79. The summed E-state index contributed by atoms with van der Waals surface area (Å²) < 4.78 is 0. The second-order valence-corrected chi connectivity index (χ2v) is 6.91. The van der Waals surface area contributed by atoms with Crippen LogP contribution < -0.4 is 5.32 Å². The molecule has 118 valence electrons. The van der Waals surface area contributed by atoms with Crippen molar-refractivity contribution in [3.8, 4) is 0 Å². The van der Waals surface area contributed by atoms with Crippen molar-refractivity contribution in [2.45, 2.75) is 45.6 Å². The Kier molecular flexibility index (Phi) is 4.57. The van der Waals surface area contributed by atoms with Gasteiger partial charge in [-0.15, -0.1) is 11.3 Å². The van der Waals surface area contributed by atoms with Gasteiger partial charge in [0.25, 0.3) is 0 Å². The minimum atomic E-state index is 0.157. The highest BCUT2D eigenvalue weighted by Gasteiger charge is 2.23. The maximum atomic E-state index is 12.4. The highest BCUT2D eigenvalue weighted by atomic mass is 32.1. The predicted molar refractivity (Wildman–Crippen MR) is 90.3 cm³/mol. The van der Waals surface area contributed by atoms with Crippen molar-refractivity contribution in [3.05, 3.63) is 17.3 Å². The lowest BCUT2D eigenvalue weighted by Crippen LogP contribution is -2.44. The Morgan fingerprint density at radius 3 is 3.09 bits per heavy atom. The molecule has 1 atom stereocenters. The van der Waals surface area contributed by atoms with Crippen molar-refractivity contribution in [2.75, 3.05) is 18.4 Å². The van der Waals surface area contributed by atoms with Gasteiger partial charge in [0.2, 0.25) is 5.91 Å². The first-order valence-electron chi connectivity index (χ1n) is 7.95. The van der Waals surface area contributed by atoms with Crippen LogP contribution in [0.15, 0.2) is 12.4 Å². The number of fused-ring (bicyclic) bond motifs is 1. The molecule has 1 aliphatic rings. The zero-order chi connectivity index (χ0) is 15.5. The predicted octanol–water partition coefficient (Wildman–Crippen LogP) is 3.07. The van der Waals surface area contributed by atoms with Crippen LogP contribution in [0.3, 0.4) is 0 Å². The van der Waals surface area contributed by atoms with Crippen molar-refractivity contribution < 1.29 is 4.79 Å². The molecule has 2 aromatic rings. The van der Waals surface area contributed by atoms with Gasteiger partial charge in [-0.3, -0.25) is 4.79 Å². The number of thiophene rings is 1. The van der Waals surface area contributed by atoms with Gasteiger partial charge in [0.15, 0.2) is 0 Å².